The SMILES string of the molecule is CC(=O)NCCC(=O)Nc1cccc(N2CCCS2(=O)=O)c1. The number of sulfonamides is 1. The number of anilines is 2. The first kappa shape index (κ1) is 16.3. The average Bonchev–Trinajstić information content (AvgIpc) is 2.78. The highest BCUT2D eigenvalue weighted by atomic mass is 32.2. The lowest BCUT2D eigenvalue weighted by Gasteiger charge is -2.17. The van der Waals surface area contributed by atoms with Crippen molar-refractivity contribution in [2.24, 2.45) is 0 Å². The third kappa shape index (κ3) is 4.20. The van der Waals surface area contributed by atoms with Crippen LogP contribution in [0.2, 0.25) is 0 Å². The molecule has 1 aliphatic rings. The minimum absolute atomic E-state index is 0.153. The van der Waals surface area contributed by atoms with Crippen molar-refractivity contribution in [2.75, 3.05) is 28.5 Å². The van der Waals surface area contributed by atoms with Crippen molar-refractivity contribution in [3.05, 3.63) is 24.3 Å². The zero-order valence-corrected chi connectivity index (χ0v) is 13.1. The Labute approximate surface area is 129 Å². The Kier molecular flexibility index (Phi) is 5.02. The van der Waals surface area contributed by atoms with Gasteiger partial charge in [0.05, 0.1) is 11.4 Å². The molecule has 1 aliphatic heterocycles. The number of nitrogens with zero attached hydrogens (tertiary/aromatic N) is 1. The maximum absolute atomic E-state index is 11.9. The Balaban J connectivity index is 2.00. The van der Waals surface area contributed by atoms with Crippen LogP contribution in [0.25, 0.3) is 0 Å². The fourth-order valence-corrected chi connectivity index (χ4v) is 3.80. The Morgan fingerprint density at radius 1 is 1.32 bits per heavy atom. The van der Waals surface area contributed by atoms with Crippen LogP contribution in [0, 0.1) is 0 Å². The molecule has 1 heterocycles. The molecule has 0 saturated carbocycles. The molecule has 1 fully saturated rings. The smallest absolute Gasteiger partial charge is 0.235 e. The van der Waals surface area contributed by atoms with Gasteiger partial charge in [0, 0.05) is 32.1 Å². The normalized spacial score (nSPS) is 16.3. The summed E-state index contributed by atoms with van der Waals surface area (Å²) in [7, 11) is -3.24. The van der Waals surface area contributed by atoms with Gasteiger partial charge in [0.2, 0.25) is 21.8 Å². The third-order valence-electron chi connectivity index (χ3n) is 3.24. The van der Waals surface area contributed by atoms with E-state index in [9.17, 15) is 18.0 Å². The molecule has 1 aromatic rings. The van der Waals surface area contributed by atoms with Crippen LogP contribution in [0.4, 0.5) is 11.4 Å². The van der Waals surface area contributed by atoms with Gasteiger partial charge in [0.25, 0.3) is 0 Å². The minimum atomic E-state index is -3.24. The molecule has 120 valence electrons. The summed E-state index contributed by atoms with van der Waals surface area (Å²) in [6, 6.07) is 6.74. The zero-order valence-electron chi connectivity index (χ0n) is 12.3. The Bertz CT molecular complexity index is 672. The predicted octanol–water partition coefficient (Wildman–Crippen LogP) is 0.691. The van der Waals surface area contributed by atoms with Crippen molar-refractivity contribution in [1.29, 1.82) is 0 Å². The van der Waals surface area contributed by atoms with Gasteiger partial charge >= 0.3 is 0 Å². The molecule has 2 rings (SSSR count). The summed E-state index contributed by atoms with van der Waals surface area (Å²) in [5, 5.41) is 5.24. The van der Waals surface area contributed by atoms with Gasteiger partial charge in [-0.2, -0.15) is 0 Å². The number of nitrogens with one attached hydrogen (secondary N) is 2. The van der Waals surface area contributed by atoms with Crippen molar-refractivity contribution in [2.45, 2.75) is 19.8 Å². The highest BCUT2D eigenvalue weighted by molar-refractivity contribution is 7.93. The van der Waals surface area contributed by atoms with Gasteiger partial charge in [-0.05, 0) is 24.6 Å². The molecule has 8 heteroatoms. The minimum Gasteiger partial charge on any atom is -0.356 e. The van der Waals surface area contributed by atoms with Gasteiger partial charge in [-0.15, -0.1) is 0 Å². The molecular formula is C14H19N3O4S. The molecule has 2 amide bonds. The number of hydrogen-bond acceptors (Lipinski definition) is 4. The fraction of sp³-hybridized carbons (Fsp3) is 0.429. The number of carbonyl (C=O) groups excluding carboxylic acids is 2. The molecule has 0 bridgehead atoms. The van der Waals surface area contributed by atoms with Gasteiger partial charge in [-0.1, -0.05) is 6.07 Å². The van der Waals surface area contributed by atoms with Crippen LogP contribution in [0.5, 0.6) is 0 Å². The van der Waals surface area contributed by atoms with Gasteiger partial charge < -0.3 is 10.6 Å². The molecule has 0 aromatic heterocycles. The number of benzene rings is 1. The van der Waals surface area contributed by atoms with Crippen LogP contribution < -0.4 is 14.9 Å². The van der Waals surface area contributed by atoms with Crippen LogP contribution in [0.3, 0.4) is 0 Å². The van der Waals surface area contributed by atoms with Crippen LogP contribution in [0.15, 0.2) is 24.3 Å². The quantitative estimate of drug-likeness (QED) is 0.832. The van der Waals surface area contributed by atoms with Gasteiger partial charge in [0.1, 0.15) is 0 Å². The molecular weight excluding hydrogens is 306 g/mol. The summed E-state index contributed by atoms with van der Waals surface area (Å²) < 4.78 is 25.2. The molecule has 0 radical (unpaired) electrons. The zero-order chi connectivity index (χ0) is 16.2. The Morgan fingerprint density at radius 2 is 2.09 bits per heavy atom. The molecule has 0 aliphatic carbocycles. The second-order valence-electron chi connectivity index (χ2n) is 5.07. The predicted molar refractivity (Wildman–Crippen MR) is 84.1 cm³/mol. The first-order valence-corrected chi connectivity index (χ1v) is 8.64. The maximum atomic E-state index is 11.9. The fourth-order valence-electron chi connectivity index (χ4n) is 2.24. The first-order chi connectivity index (χ1) is 10.4. The van der Waals surface area contributed by atoms with Gasteiger partial charge in [-0.25, -0.2) is 8.42 Å². The highest BCUT2D eigenvalue weighted by Gasteiger charge is 2.28. The van der Waals surface area contributed by atoms with E-state index in [-0.39, 0.29) is 30.5 Å². The molecule has 7 nitrogen and oxygen atoms in total. The number of rotatable bonds is 5. The number of amides is 2. The van der Waals surface area contributed by atoms with E-state index < -0.39 is 10.0 Å². The maximum Gasteiger partial charge on any atom is 0.235 e. The molecule has 0 spiro atoms. The second kappa shape index (κ2) is 6.78. The van der Waals surface area contributed by atoms with E-state index in [0.717, 1.165) is 0 Å². The molecule has 0 atom stereocenters. The first-order valence-electron chi connectivity index (χ1n) is 7.03. The van der Waals surface area contributed by atoms with E-state index in [1.165, 1.54) is 11.2 Å². The second-order valence-corrected chi connectivity index (χ2v) is 7.09. The van der Waals surface area contributed by atoms with E-state index in [2.05, 4.69) is 10.6 Å². The number of hydrogen-bond donors (Lipinski definition) is 2. The van der Waals surface area contributed by atoms with Crippen molar-refractivity contribution in [3.63, 3.8) is 0 Å². The molecule has 22 heavy (non-hydrogen) atoms. The monoisotopic (exact) mass is 325 g/mol. The van der Waals surface area contributed by atoms with E-state index in [1.54, 1.807) is 24.3 Å². The van der Waals surface area contributed by atoms with E-state index in [0.29, 0.717) is 24.3 Å². The summed E-state index contributed by atoms with van der Waals surface area (Å²) in [5.74, 6) is -0.274. The summed E-state index contributed by atoms with van der Waals surface area (Å²) >= 11 is 0. The van der Waals surface area contributed by atoms with Gasteiger partial charge in [-0.3, -0.25) is 13.9 Å². The summed E-state index contributed by atoms with van der Waals surface area (Å²) in [4.78, 5) is 22.5. The van der Waals surface area contributed by atoms with Crippen molar-refractivity contribution < 1.29 is 18.0 Å². The molecule has 1 saturated heterocycles. The lowest BCUT2D eigenvalue weighted by molar-refractivity contribution is -0.119. The van der Waals surface area contributed by atoms with Crippen molar-refractivity contribution >= 4 is 33.2 Å². The van der Waals surface area contributed by atoms with Crippen LogP contribution >= 0.6 is 0 Å². The lowest BCUT2D eigenvalue weighted by Crippen LogP contribution is -2.26. The summed E-state index contributed by atoms with van der Waals surface area (Å²) in [6.45, 7) is 2.11. The van der Waals surface area contributed by atoms with E-state index in [4.69, 9.17) is 0 Å². The van der Waals surface area contributed by atoms with Crippen LogP contribution in [0.1, 0.15) is 19.8 Å². The summed E-state index contributed by atoms with van der Waals surface area (Å²) in [5.41, 5.74) is 1.09. The van der Waals surface area contributed by atoms with Crippen molar-refractivity contribution in [1.82, 2.24) is 5.32 Å². The van der Waals surface area contributed by atoms with Crippen molar-refractivity contribution in [3.8, 4) is 0 Å². The largest absolute Gasteiger partial charge is 0.356 e. The van der Waals surface area contributed by atoms with E-state index in [1.807, 2.05) is 0 Å². The molecule has 2 N–H and O–H groups in total. The van der Waals surface area contributed by atoms with Crippen LogP contribution in [-0.2, 0) is 19.6 Å². The molecule has 1 aromatic carbocycles. The average molecular weight is 325 g/mol. The summed E-state index contributed by atoms with van der Waals surface area (Å²) in [6.07, 6.45) is 0.765. The lowest BCUT2D eigenvalue weighted by atomic mass is 10.2. The van der Waals surface area contributed by atoms with Gasteiger partial charge in [0.15, 0.2) is 0 Å². The number of carbonyl (C=O) groups is 2. The highest BCUT2D eigenvalue weighted by Crippen LogP contribution is 2.26. The Morgan fingerprint density at radius 3 is 2.73 bits per heavy atom. The van der Waals surface area contributed by atoms with E-state index >= 15 is 0 Å². The standard InChI is InChI=1S/C14H19N3O4S/c1-11(18)15-7-6-14(19)16-12-4-2-5-13(10-12)17-8-3-9-22(17,20)21/h2,4-5,10H,3,6-9H2,1H3,(H,15,18)(H,16,19). The topological polar surface area (TPSA) is 95.6 Å². The molecule has 0 unspecified atom stereocenters. The Hall–Kier alpha value is -2.09. The van der Waals surface area contributed by atoms with Crippen LogP contribution in [-0.4, -0.2) is 39.1 Å². The third-order valence-corrected chi connectivity index (χ3v) is 5.11.